The Hall–Kier alpha value is -3.41. The number of aromatic nitrogens is 1. The van der Waals surface area contributed by atoms with Crippen molar-refractivity contribution in [3.63, 3.8) is 0 Å². The number of ether oxygens (including phenoxy) is 1. The molecule has 1 aromatic heterocycles. The van der Waals surface area contributed by atoms with Crippen molar-refractivity contribution >= 4 is 32.9 Å². The summed E-state index contributed by atoms with van der Waals surface area (Å²) in [5, 5.41) is 0.998. The van der Waals surface area contributed by atoms with Gasteiger partial charge in [0.25, 0.3) is 5.91 Å². The average Bonchev–Trinajstić information content (AvgIpc) is 3.33. The summed E-state index contributed by atoms with van der Waals surface area (Å²) in [4.78, 5) is 31.1. The summed E-state index contributed by atoms with van der Waals surface area (Å²) in [5.41, 5.74) is 4.14. The maximum Gasteiger partial charge on any atom is 0.304 e. The van der Waals surface area contributed by atoms with Crippen LogP contribution in [0, 0.1) is 0 Å². The first-order valence-electron chi connectivity index (χ1n) is 14.8. The molecule has 0 spiro atoms. The van der Waals surface area contributed by atoms with Gasteiger partial charge in [-0.05, 0) is 66.3 Å². The third-order valence-corrected chi connectivity index (χ3v) is 10.6. The molecule has 4 aliphatic rings. The fourth-order valence-electron chi connectivity index (χ4n) is 6.65. The van der Waals surface area contributed by atoms with Crippen molar-refractivity contribution in [3.05, 3.63) is 53.6 Å². The van der Waals surface area contributed by atoms with E-state index in [0.717, 1.165) is 53.6 Å². The molecular weight excluding hydrogens is 554 g/mol. The monoisotopic (exact) mass is 593 g/mol. The number of carbonyl (C=O) groups is 2. The predicted octanol–water partition coefficient (Wildman–Crippen LogP) is 3.43. The Morgan fingerprint density at radius 2 is 1.52 bits per heavy atom. The van der Waals surface area contributed by atoms with Gasteiger partial charge < -0.3 is 14.2 Å². The Balaban J connectivity index is 1.54. The normalized spacial score (nSPS) is 23.8. The lowest BCUT2D eigenvalue weighted by Gasteiger charge is -2.34. The van der Waals surface area contributed by atoms with Gasteiger partial charge in [-0.15, -0.1) is 0 Å². The number of carbonyl (C=O) groups excluding carboxylic acids is 2. The van der Waals surface area contributed by atoms with E-state index in [2.05, 4.69) is 9.62 Å². The van der Waals surface area contributed by atoms with Crippen molar-refractivity contribution in [2.75, 3.05) is 53.4 Å². The third kappa shape index (κ3) is 5.52. The first kappa shape index (κ1) is 28.7. The second-order valence-electron chi connectivity index (χ2n) is 11.6. The van der Waals surface area contributed by atoms with Gasteiger partial charge in [0, 0.05) is 57.3 Å². The predicted molar refractivity (Wildman–Crippen MR) is 162 cm³/mol. The number of rotatable bonds is 3. The van der Waals surface area contributed by atoms with Gasteiger partial charge in [0.15, 0.2) is 0 Å². The number of likely N-dealkylation sites (N-methyl/N-ethyl adjacent to an activating group) is 1. The highest BCUT2D eigenvalue weighted by Gasteiger charge is 2.31. The number of nitrogens with one attached hydrogen (secondary N) is 1. The Kier molecular flexibility index (Phi) is 7.99. The van der Waals surface area contributed by atoms with Crippen molar-refractivity contribution in [1.29, 1.82) is 0 Å². The van der Waals surface area contributed by atoms with Crippen molar-refractivity contribution in [2.24, 2.45) is 0 Å². The molecule has 1 aliphatic carbocycles. The number of nitrogens with zero attached hydrogens (tertiary/aromatic N) is 4. The SMILES string of the molecule is COc1ccc(-c2c(C3CCCCC3)c3ccc4cc3n2CC(=O)N(C)CCN2CCN(CC2)S(=O)(=O)NC4=O)cc1. The van der Waals surface area contributed by atoms with Gasteiger partial charge in [-0.3, -0.25) is 14.5 Å². The van der Waals surface area contributed by atoms with E-state index >= 15 is 0 Å². The van der Waals surface area contributed by atoms with E-state index in [9.17, 15) is 18.0 Å². The maximum atomic E-state index is 13.8. The summed E-state index contributed by atoms with van der Waals surface area (Å²) in [6.45, 7) is 2.96. The standard InChI is InChI=1S/C31H39N5O5S/c1-33-14-15-34-16-18-35(19-17-34)42(39,40)32-31(38)24-10-13-26-27(20-24)36(21-28(33)37)30(23-8-11-25(41-2)12-9-23)29(26)22-6-4-3-5-7-22/h8-13,20,22H,3-7,14-19,21H2,1-2H3,(H,32,38). The molecule has 2 aromatic carbocycles. The van der Waals surface area contributed by atoms with Crippen LogP contribution in [-0.2, 0) is 21.5 Å². The van der Waals surface area contributed by atoms with Gasteiger partial charge >= 0.3 is 10.2 Å². The van der Waals surface area contributed by atoms with Crippen LogP contribution in [0.4, 0.5) is 0 Å². The molecule has 1 saturated heterocycles. The lowest BCUT2D eigenvalue weighted by molar-refractivity contribution is -0.130. The first-order chi connectivity index (χ1) is 20.2. The van der Waals surface area contributed by atoms with Crippen LogP contribution >= 0.6 is 0 Å². The number of hydrogen-bond donors (Lipinski definition) is 1. The minimum absolute atomic E-state index is 0.0139. The molecule has 3 aliphatic heterocycles. The minimum Gasteiger partial charge on any atom is -0.497 e. The molecule has 0 atom stereocenters. The highest BCUT2D eigenvalue weighted by molar-refractivity contribution is 7.87. The second-order valence-corrected chi connectivity index (χ2v) is 13.3. The number of amides is 2. The Bertz CT molecular complexity index is 1590. The van der Waals surface area contributed by atoms with E-state index in [1.807, 2.05) is 41.9 Å². The molecule has 4 bridgehead atoms. The summed E-state index contributed by atoms with van der Waals surface area (Å²) in [7, 11) is -0.526. The molecule has 2 amide bonds. The van der Waals surface area contributed by atoms with E-state index in [1.54, 1.807) is 24.1 Å². The smallest absolute Gasteiger partial charge is 0.304 e. The molecule has 11 heteroatoms. The number of piperazine rings is 1. The molecule has 224 valence electrons. The molecule has 7 rings (SSSR count). The van der Waals surface area contributed by atoms with Gasteiger partial charge in [0.05, 0.1) is 18.3 Å². The highest BCUT2D eigenvalue weighted by Crippen LogP contribution is 2.44. The Morgan fingerprint density at radius 1 is 0.857 bits per heavy atom. The van der Waals surface area contributed by atoms with Crippen LogP contribution in [0.3, 0.4) is 0 Å². The van der Waals surface area contributed by atoms with E-state index in [0.29, 0.717) is 32.1 Å². The summed E-state index contributed by atoms with van der Waals surface area (Å²) in [6, 6.07) is 13.3. The number of benzene rings is 2. The largest absolute Gasteiger partial charge is 0.497 e. The van der Waals surface area contributed by atoms with E-state index < -0.39 is 16.1 Å². The average molecular weight is 594 g/mol. The van der Waals surface area contributed by atoms with Gasteiger partial charge in [-0.2, -0.15) is 12.7 Å². The Morgan fingerprint density at radius 3 is 2.21 bits per heavy atom. The van der Waals surface area contributed by atoms with Crippen molar-refractivity contribution in [3.8, 4) is 17.0 Å². The Labute approximate surface area is 247 Å². The molecule has 42 heavy (non-hydrogen) atoms. The fourth-order valence-corrected chi connectivity index (χ4v) is 7.78. The van der Waals surface area contributed by atoms with Crippen molar-refractivity contribution in [2.45, 2.75) is 44.6 Å². The molecule has 10 nitrogen and oxygen atoms in total. The summed E-state index contributed by atoms with van der Waals surface area (Å²) >= 11 is 0. The summed E-state index contributed by atoms with van der Waals surface area (Å²) < 4.78 is 37.3. The molecule has 4 heterocycles. The van der Waals surface area contributed by atoms with Gasteiger partial charge in [-0.1, -0.05) is 25.3 Å². The van der Waals surface area contributed by atoms with Crippen LogP contribution < -0.4 is 9.46 Å². The van der Waals surface area contributed by atoms with Crippen molar-refractivity contribution < 1.29 is 22.7 Å². The summed E-state index contributed by atoms with van der Waals surface area (Å²) in [6.07, 6.45) is 5.62. The topological polar surface area (TPSA) is 104 Å². The minimum atomic E-state index is -3.99. The quantitative estimate of drug-likeness (QED) is 0.499. The van der Waals surface area contributed by atoms with Gasteiger partial charge in [-0.25, -0.2) is 4.72 Å². The number of hydrogen-bond acceptors (Lipinski definition) is 6. The van der Waals surface area contributed by atoms with Crippen LogP contribution in [0.5, 0.6) is 5.75 Å². The van der Waals surface area contributed by atoms with Crippen LogP contribution in [0.1, 0.15) is 53.9 Å². The molecule has 1 N–H and O–H groups in total. The van der Waals surface area contributed by atoms with Gasteiger partial charge in [0.1, 0.15) is 12.3 Å². The van der Waals surface area contributed by atoms with E-state index in [-0.39, 0.29) is 31.1 Å². The summed E-state index contributed by atoms with van der Waals surface area (Å²) in [5.74, 6) is 0.378. The van der Waals surface area contributed by atoms with E-state index in [4.69, 9.17) is 4.74 Å². The lowest BCUT2D eigenvalue weighted by Crippen LogP contribution is -2.54. The van der Waals surface area contributed by atoms with Crippen LogP contribution in [0.2, 0.25) is 0 Å². The van der Waals surface area contributed by atoms with Crippen molar-refractivity contribution in [1.82, 2.24) is 23.4 Å². The molecule has 1 saturated carbocycles. The van der Waals surface area contributed by atoms with Crippen LogP contribution in [-0.4, -0.2) is 92.3 Å². The zero-order valence-corrected chi connectivity index (χ0v) is 25.2. The molecule has 0 radical (unpaired) electrons. The van der Waals surface area contributed by atoms with E-state index in [1.165, 1.54) is 16.3 Å². The third-order valence-electron chi connectivity index (χ3n) is 9.11. The van der Waals surface area contributed by atoms with Crippen LogP contribution in [0.15, 0.2) is 42.5 Å². The molecule has 0 unspecified atom stereocenters. The zero-order chi connectivity index (χ0) is 29.4. The molecular formula is C31H39N5O5S. The molecule has 2 fully saturated rings. The van der Waals surface area contributed by atoms with Crippen LogP contribution in [0.25, 0.3) is 22.2 Å². The number of fused-ring (bicyclic) bond motifs is 8. The number of methoxy groups -OCH3 is 1. The first-order valence-corrected chi connectivity index (χ1v) is 16.3. The zero-order valence-electron chi connectivity index (χ0n) is 24.3. The lowest BCUT2D eigenvalue weighted by atomic mass is 9.81. The maximum absolute atomic E-state index is 13.8. The molecule has 3 aromatic rings. The fraction of sp³-hybridized carbons (Fsp3) is 0.484. The van der Waals surface area contributed by atoms with Gasteiger partial charge in [0.2, 0.25) is 5.91 Å². The highest BCUT2D eigenvalue weighted by atomic mass is 32.2. The second kappa shape index (κ2) is 11.7.